The summed E-state index contributed by atoms with van der Waals surface area (Å²) < 4.78 is 12.9. The minimum absolute atomic E-state index is 0.237. The smallest absolute Gasteiger partial charge is 0.315 e. The van der Waals surface area contributed by atoms with E-state index >= 15 is 0 Å². The number of rotatable bonds is 4. The number of carbonyl (C=O) groups excluding carboxylic acids is 1. The van der Waals surface area contributed by atoms with E-state index in [0.29, 0.717) is 12.3 Å². The van der Waals surface area contributed by atoms with Gasteiger partial charge in [-0.2, -0.15) is 0 Å². The summed E-state index contributed by atoms with van der Waals surface area (Å²) in [5.74, 6) is 0.397. The molecule has 0 aliphatic rings. The van der Waals surface area contributed by atoms with Gasteiger partial charge in [-0.05, 0) is 39.0 Å². The van der Waals surface area contributed by atoms with Gasteiger partial charge in [-0.15, -0.1) is 0 Å². The van der Waals surface area contributed by atoms with Crippen molar-refractivity contribution in [1.29, 1.82) is 0 Å². The molecule has 19 heavy (non-hydrogen) atoms. The van der Waals surface area contributed by atoms with E-state index in [1.807, 2.05) is 45.0 Å². The highest BCUT2D eigenvalue weighted by Crippen LogP contribution is 2.14. The third-order valence-electron chi connectivity index (χ3n) is 2.12. The summed E-state index contributed by atoms with van der Waals surface area (Å²) in [6.45, 7) is 6.10. The van der Waals surface area contributed by atoms with Gasteiger partial charge < -0.3 is 10.6 Å². The van der Waals surface area contributed by atoms with E-state index in [4.69, 9.17) is 0 Å². The highest BCUT2D eigenvalue weighted by molar-refractivity contribution is 9.10. The van der Waals surface area contributed by atoms with E-state index in [9.17, 15) is 9.00 Å². The summed E-state index contributed by atoms with van der Waals surface area (Å²) in [4.78, 5) is 12.3. The molecule has 0 aromatic heterocycles. The van der Waals surface area contributed by atoms with Gasteiger partial charge in [0.05, 0.1) is 10.8 Å². The predicted molar refractivity (Wildman–Crippen MR) is 81.7 cm³/mol. The first kappa shape index (κ1) is 16.2. The van der Waals surface area contributed by atoms with Crippen molar-refractivity contribution < 1.29 is 9.00 Å². The van der Waals surface area contributed by atoms with E-state index in [2.05, 4.69) is 26.6 Å². The van der Waals surface area contributed by atoms with Crippen LogP contribution in [0.1, 0.15) is 20.8 Å². The van der Waals surface area contributed by atoms with E-state index in [-0.39, 0.29) is 11.6 Å². The first-order valence-electron chi connectivity index (χ1n) is 5.98. The second-order valence-corrected chi connectivity index (χ2v) is 7.62. The first-order chi connectivity index (χ1) is 8.78. The van der Waals surface area contributed by atoms with Crippen molar-refractivity contribution in [2.75, 3.05) is 12.3 Å². The Balaban J connectivity index is 2.37. The third-order valence-corrected chi connectivity index (χ3v) is 3.97. The largest absolute Gasteiger partial charge is 0.337 e. The molecular weight excluding hydrogens is 328 g/mol. The Labute approximate surface area is 124 Å². The van der Waals surface area contributed by atoms with Crippen LogP contribution in [0.5, 0.6) is 0 Å². The van der Waals surface area contributed by atoms with Crippen molar-refractivity contribution in [3.05, 3.63) is 28.7 Å². The second-order valence-electron chi connectivity index (χ2n) is 5.14. The number of urea groups is 1. The Morgan fingerprint density at radius 3 is 2.63 bits per heavy atom. The molecule has 1 aromatic rings. The third kappa shape index (κ3) is 6.73. The predicted octanol–water partition coefficient (Wildman–Crippen LogP) is 2.65. The Morgan fingerprint density at radius 1 is 1.37 bits per heavy atom. The molecule has 1 atom stereocenters. The topological polar surface area (TPSA) is 58.2 Å². The van der Waals surface area contributed by atoms with Crippen LogP contribution in [0, 0.1) is 0 Å². The van der Waals surface area contributed by atoms with Crippen LogP contribution in [0.3, 0.4) is 0 Å². The SMILES string of the molecule is CC(C)(C)NC(=O)NCCS(=O)c1cccc(Br)c1. The van der Waals surface area contributed by atoms with E-state index in [1.54, 1.807) is 0 Å². The number of hydrogen-bond donors (Lipinski definition) is 2. The number of amides is 2. The van der Waals surface area contributed by atoms with Crippen molar-refractivity contribution in [2.24, 2.45) is 0 Å². The standard InChI is InChI=1S/C13H19BrN2O2S/c1-13(2,3)16-12(17)15-7-8-19(18)11-6-4-5-10(14)9-11/h4-6,9H,7-8H2,1-3H3,(H2,15,16,17). The number of nitrogens with one attached hydrogen (secondary N) is 2. The summed E-state index contributed by atoms with van der Waals surface area (Å²) in [6, 6.07) is 7.13. The summed E-state index contributed by atoms with van der Waals surface area (Å²) in [7, 11) is -1.11. The second kappa shape index (κ2) is 7.05. The molecule has 0 bridgehead atoms. The van der Waals surface area contributed by atoms with Crippen LogP contribution in [0.2, 0.25) is 0 Å². The summed E-state index contributed by atoms with van der Waals surface area (Å²) in [6.07, 6.45) is 0. The molecule has 0 aliphatic carbocycles. The maximum Gasteiger partial charge on any atom is 0.315 e. The lowest BCUT2D eigenvalue weighted by Crippen LogP contribution is -2.47. The molecular formula is C13H19BrN2O2S. The number of hydrogen-bond acceptors (Lipinski definition) is 2. The van der Waals surface area contributed by atoms with Crippen molar-refractivity contribution in [1.82, 2.24) is 10.6 Å². The number of halogens is 1. The van der Waals surface area contributed by atoms with Crippen LogP contribution in [0.4, 0.5) is 4.79 Å². The molecule has 1 unspecified atom stereocenters. The maximum atomic E-state index is 12.0. The average Bonchev–Trinajstić information content (AvgIpc) is 2.26. The highest BCUT2D eigenvalue weighted by atomic mass is 79.9. The van der Waals surface area contributed by atoms with Gasteiger partial charge in [-0.25, -0.2) is 4.79 Å². The average molecular weight is 347 g/mol. The molecule has 2 amide bonds. The first-order valence-corrected chi connectivity index (χ1v) is 8.09. The molecule has 2 N–H and O–H groups in total. The zero-order valence-electron chi connectivity index (χ0n) is 11.3. The van der Waals surface area contributed by atoms with E-state index in [1.165, 1.54) is 0 Å². The number of carbonyl (C=O) groups is 1. The van der Waals surface area contributed by atoms with Crippen LogP contribution >= 0.6 is 15.9 Å². The van der Waals surface area contributed by atoms with E-state index in [0.717, 1.165) is 9.37 Å². The van der Waals surface area contributed by atoms with Gasteiger partial charge in [0.1, 0.15) is 0 Å². The van der Waals surface area contributed by atoms with Gasteiger partial charge in [0.2, 0.25) is 0 Å². The van der Waals surface area contributed by atoms with Crippen LogP contribution in [0.15, 0.2) is 33.6 Å². The Bertz CT molecular complexity index is 472. The Kier molecular flexibility index (Phi) is 6.00. The molecule has 6 heteroatoms. The van der Waals surface area contributed by atoms with Crippen LogP contribution < -0.4 is 10.6 Å². The lowest BCUT2D eigenvalue weighted by atomic mass is 10.1. The normalized spacial score (nSPS) is 12.8. The number of benzene rings is 1. The lowest BCUT2D eigenvalue weighted by Gasteiger charge is -2.20. The molecule has 106 valence electrons. The van der Waals surface area contributed by atoms with Gasteiger partial charge in [0.15, 0.2) is 0 Å². The van der Waals surface area contributed by atoms with Crippen LogP contribution in [-0.4, -0.2) is 28.1 Å². The summed E-state index contributed by atoms with van der Waals surface area (Å²) in [5.41, 5.74) is -0.270. The zero-order valence-corrected chi connectivity index (χ0v) is 13.7. The molecule has 0 heterocycles. The fraction of sp³-hybridized carbons (Fsp3) is 0.462. The minimum Gasteiger partial charge on any atom is -0.337 e. The monoisotopic (exact) mass is 346 g/mol. The molecule has 0 aliphatic heterocycles. The lowest BCUT2D eigenvalue weighted by molar-refractivity contribution is 0.232. The molecule has 0 saturated carbocycles. The summed E-state index contributed by atoms with van der Waals surface area (Å²) in [5, 5.41) is 5.48. The van der Waals surface area contributed by atoms with Gasteiger partial charge in [0, 0.05) is 27.2 Å². The minimum atomic E-state index is -1.11. The van der Waals surface area contributed by atoms with Crippen LogP contribution in [0.25, 0.3) is 0 Å². The summed E-state index contributed by atoms with van der Waals surface area (Å²) >= 11 is 3.34. The molecule has 0 spiro atoms. The fourth-order valence-corrected chi connectivity index (χ4v) is 2.93. The van der Waals surface area contributed by atoms with Crippen molar-refractivity contribution in [2.45, 2.75) is 31.2 Å². The van der Waals surface area contributed by atoms with Gasteiger partial charge in [0.25, 0.3) is 0 Å². The Morgan fingerprint density at radius 2 is 2.05 bits per heavy atom. The molecule has 0 saturated heterocycles. The van der Waals surface area contributed by atoms with Gasteiger partial charge in [-0.1, -0.05) is 22.0 Å². The molecule has 1 rings (SSSR count). The van der Waals surface area contributed by atoms with E-state index < -0.39 is 10.8 Å². The van der Waals surface area contributed by atoms with Crippen LogP contribution in [-0.2, 0) is 10.8 Å². The Hall–Kier alpha value is -0.880. The molecule has 0 radical (unpaired) electrons. The van der Waals surface area contributed by atoms with Crippen molar-refractivity contribution in [3.8, 4) is 0 Å². The van der Waals surface area contributed by atoms with Gasteiger partial charge in [-0.3, -0.25) is 4.21 Å². The fourth-order valence-electron chi connectivity index (χ4n) is 1.37. The van der Waals surface area contributed by atoms with Crippen molar-refractivity contribution >= 4 is 32.8 Å². The zero-order chi connectivity index (χ0) is 14.5. The quantitative estimate of drug-likeness (QED) is 0.880. The molecule has 4 nitrogen and oxygen atoms in total. The molecule has 1 aromatic carbocycles. The van der Waals surface area contributed by atoms with Gasteiger partial charge >= 0.3 is 6.03 Å². The van der Waals surface area contributed by atoms with Crippen molar-refractivity contribution in [3.63, 3.8) is 0 Å². The molecule has 0 fully saturated rings. The maximum absolute atomic E-state index is 12.0. The highest BCUT2D eigenvalue weighted by Gasteiger charge is 2.13.